The third-order valence-electron chi connectivity index (χ3n) is 7.74. The van der Waals surface area contributed by atoms with Gasteiger partial charge >= 0.3 is 11.9 Å². The van der Waals surface area contributed by atoms with Crippen LogP contribution in [0.4, 0.5) is 0 Å². The van der Waals surface area contributed by atoms with E-state index >= 15 is 0 Å². The van der Waals surface area contributed by atoms with E-state index in [1.165, 1.54) is 6.08 Å². The van der Waals surface area contributed by atoms with Crippen LogP contribution in [0.25, 0.3) is 6.08 Å². The number of fused-ring (bicyclic) bond motifs is 3. The molecule has 1 saturated carbocycles. The molecule has 2 aliphatic carbocycles. The Morgan fingerprint density at radius 3 is 2.67 bits per heavy atom. The molecule has 0 spiro atoms. The van der Waals surface area contributed by atoms with Gasteiger partial charge in [-0.1, -0.05) is 6.92 Å². The Labute approximate surface area is 194 Å². The van der Waals surface area contributed by atoms with Crippen LogP contribution >= 0.6 is 0 Å². The highest BCUT2D eigenvalue weighted by molar-refractivity contribution is 5.88. The van der Waals surface area contributed by atoms with Crippen molar-refractivity contribution in [1.82, 2.24) is 0 Å². The highest BCUT2D eigenvalue weighted by Gasteiger charge is 2.62. The van der Waals surface area contributed by atoms with E-state index in [4.69, 9.17) is 18.9 Å². The number of aliphatic hydroxyl groups is 1. The van der Waals surface area contributed by atoms with Crippen molar-refractivity contribution in [3.8, 4) is 11.5 Å². The molecule has 0 aromatic heterocycles. The summed E-state index contributed by atoms with van der Waals surface area (Å²) in [7, 11) is 3.14. The van der Waals surface area contributed by atoms with Crippen LogP contribution in [0.1, 0.15) is 52.0 Å². The third-order valence-corrected chi connectivity index (χ3v) is 7.74. The van der Waals surface area contributed by atoms with Gasteiger partial charge in [-0.3, -0.25) is 4.79 Å². The maximum absolute atomic E-state index is 12.7. The van der Waals surface area contributed by atoms with Gasteiger partial charge in [-0.15, -0.1) is 0 Å². The Bertz CT molecular complexity index is 1030. The third kappa shape index (κ3) is 3.92. The Morgan fingerprint density at radius 1 is 1.21 bits per heavy atom. The van der Waals surface area contributed by atoms with E-state index in [0.717, 1.165) is 24.0 Å². The molecule has 178 valence electrons. The average molecular weight is 457 g/mol. The molecule has 1 aliphatic heterocycles. The maximum Gasteiger partial charge on any atom is 0.331 e. The van der Waals surface area contributed by atoms with Gasteiger partial charge in [0.05, 0.1) is 20.1 Å². The summed E-state index contributed by atoms with van der Waals surface area (Å²) in [6, 6.07) is 5.33. The Hall–Kier alpha value is -2.80. The van der Waals surface area contributed by atoms with E-state index < -0.39 is 29.7 Å². The summed E-state index contributed by atoms with van der Waals surface area (Å²) >= 11 is 0. The lowest BCUT2D eigenvalue weighted by atomic mass is 9.57. The quantitative estimate of drug-likeness (QED) is 0.409. The summed E-state index contributed by atoms with van der Waals surface area (Å²) in [5.74, 6) is -0.153. The van der Waals surface area contributed by atoms with E-state index in [-0.39, 0.29) is 11.4 Å². The number of carbonyl (C=O) groups excluding carboxylic acids is 2. The summed E-state index contributed by atoms with van der Waals surface area (Å²) in [6.45, 7) is 5.79. The largest absolute Gasteiger partial charge is 0.497 e. The van der Waals surface area contributed by atoms with Gasteiger partial charge in [0.15, 0.2) is 6.10 Å². The summed E-state index contributed by atoms with van der Waals surface area (Å²) < 4.78 is 22.1. The smallest absolute Gasteiger partial charge is 0.331 e. The number of esters is 2. The minimum absolute atomic E-state index is 0.183. The number of carbonyl (C=O) groups is 2. The predicted octanol–water partition coefficient (Wildman–Crippen LogP) is 3.83. The highest BCUT2D eigenvalue weighted by atomic mass is 16.6. The lowest BCUT2D eigenvalue weighted by molar-refractivity contribution is -0.146. The molecule has 0 amide bonds. The molecular formula is C26H32O7. The van der Waals surface area contributed by atoms with Gasteiger partial charge in [0, 0.05) is 11.6 Å². The number of hydrogen-bond donors (Lipinski definition) is 1. The van der Waals surface area contributed by atoms with Crippen LogP contribution in [0, 0.1) is 11.3 Å². The normalized spacial score (nSPS) is 33.4. The van der Waals surface area contributed by atoms with E-state index in [1.807, 2.05) is 6.92 Å². The second-order valence-electron chi connectivity index (χ2n) is 9.59. The fourth-order valence-electron chi connectivity index (χ4n) is 5.57. The minimum atomic E-state index is -1.21. The maximum atomic E-state index is 12.7. The Kier molecular flexibility index (Phi) is 6.03. The molecule has 5 unspecified atom stereocenters. The first-order valence-electron chi connectivity index (χ1n) is 11.4. The fourth-order valence-corrected chi connectivity index (χ4v) is 5.57. The van der Waals surface area contributed by atoms with Gasteiger partial charge in [0.25, 0.3) is 0 Å². The first-order valence-corrected chi connectivity index (χ1v) is 11.4. The Morgan fingerprint density at radius 2 is 1.97 bits per heavy atom. The van der Waals surface area contributed by atoms with E-state index in [0.29, 0.717) is 29.9 Å². The monoisotopic (exact) mass is 456 g/mol. The second-order valence-corrected chi connectivity index (χ2v) is 9.59. The van der Waals surface area contributed by atoms with Crippen LogP contribution in [0.15, 0.2) is 35.4 Å². The minimum Gasteiger partial charge on any atom is -0.497 e. The van der Waals surface area contributed by atoms with E-state index in [9.17, 15) is 14.7 Å². The number of ether oxygens (including phenoxy) is 4. The summed E-state index contributed by atoms with van der Waals surface area (Å²) in [5, 5.41) is 11.3. The summed E-state index contributed by atoms with van der Waals surface area (Å²) in [5.41, 5.74) is 1.09. The lowest BCUT2D eigenvalue weighted by Crippen LogP contribution is -2.53. The molecule has 7 nitrogen and oxygen atoms in total. The first-order chi connectivity index (χ1) is 15.6. The molecule has 0 bridgehead atoms. The number of rotatable bonds is 5. The zero-order valence-corrected chi connectivity index (χ0v) is 19.8. The van der Waals surface area contributed by atoms with Crippen molar-refractivity contribution in [2.45, 2.75) is 64.3 Å². The van der Waals surface area contributed by atoms with Gasteiger partial charge in [0.1, 0.15) is 23.2 Å². The van der Waals surface area contributed by atoms with Gasteiger partial charge in [-0.2, -0.15) is 0 Å². The van der Waals surface area contributed by atoms with Crippen molar-refractivity contribution in [2.24, 2.45) is 11.3 Å². The zero-order chi connectivity index (χ0) is 24.0. The molecule has 1 aromatic carbocycles. The van der Waals surface area contributed by atoms with Crippen LogP contribution < -0.4 is 9.47 Å². The van der Waals surface area contributed by atoms with Gasteiger partial charge in [-0.05, 0) is 80.4 Å². The van der Waals surface area contributed by atoms with E-state index in [1.54, 1.807) is 45.4 Å². The van der Waals surface area contributed by atoms with Crippen LogP contribution in [0.2, 0.25) is 0 Å². The van der Waals surface area contributed by atoms with Gasteiger partial charge < -0.3 is 24.1 Å². The first kappa shape index (κ1) is 23.4. The highest BCUT2D eigenvalue weighted by Crippen LogP contribution is 2.57. The molecule has 33 heavy (non-hydrogen) atoms. The van der Waals surface area contributed by atoms with Crippen molar-refractivity contribution in [2.75, 3.05) is 14.2 Å². The van der Waals surface area contributed by atoms with Crippen LogP contribution in [0.5, 0.6) is 11.5 Å². The molecule has 1 saturated heterocycles. The molecule has 2 fully saturated rings. The number of methoxy groups -OCH3 is 2. The van der Waals surface area contributed by atoms with Crippen molar-refractivity contribution in [1.29, 1.82) is 0 Å². The SMILES string of the molecule is COc1ccc(OC)c(C=CC(=O)OC2CCC3(C)CCC4(O)C(C)C(=O)OC4C3=C2C)c1. The molecular weight excluding hydrogens is 424 g/mol. The standard InChI is InChI=1S/C26H32O7/c1-15-19(32-21(27)9-6-17-14-18(30-4)7-8-20(17)31-5)10-11-25(3)12-13-26(29)16(2)24(28)33-23(26)22(15)25/h6-9,14,16,19,23,29H,10-13H2,1-5H3. The molecule has 7 heteroatoms. The molecule has 4 rings (SSSR count). The van der Waals surface area contributed by atoms with Gasteiger partial charge in [-0.25, -0.2) is 4.79 Å². The second kappa shape index (κ2) is 8.52. The fraction of sp³-hybridized carbons (Fsp3) is 0.538. The average Bonchev–Trinajstić information content (AvgIpc) is 3.03. The number of benzene rings is 1. The molecule has 5 atom stereocenters. The molecule has 1 aromatic rings. The van der Waals surface area contributed by atoms with Crippen LogP contribution in [0.3, 0.4) is 0 Å². The van der Waals surface area contributed by atoms with Crippen LogP contribution in [-0.4, -0.2) is 49.1 Å². The Balaban J connectivity index is 1.56. The van der Waals surface area contributed by atoms with Crippen molar-refractivity contribution >= 4 is 18.0 Å². The van der Waals surface area contributed by atoms with Gasteiger partial charge in [0.2, 0.25) is 0 Å². The van der Waals surface area contributed by atoms with Crippen molar-refractivity contribution in [3.63, 3.8) is 0 Å². The van der Waals surface area contributed by atoms with Crippen molar-refractivity contribution < 1.29 is 33.6 Å². The van der Waals surface area contributed by atoms with Crippen molar-refractivity contribution in [3.05, 3.63) is 41.0 Å². The molecule has 1 heterocycles. The summed E-state index contributed by atoms with van der Waals surface area (Å²) in [4.78, 5) is 25.0. The zero-order valence-electron chi connectivity index (χ0n) is 19.8. The topological polar surface area (TPSA) is 91.3 Å². The molecule has 0 radical (unpaired) electrons. The van der Waals surface area contributed by atoms with E-state index in [2.05, 4.69) is 6.92 Å². The molecule has 3 aliphatic rings. The lowest BCUT2D eigenvalue weighted by Gasteiger charge is -2.50. The molecule has 1 N–H and O–H groups in total. The number of hydrogen-bond acceptors (Lipinski definition) is 7. The van der Waals surface area contributed by atoms with Crippen LogP contribution in [-0.2, 0) is 19.1 Å². The summed E-state index contributed by atoms with van der Waals surface area (Å²) in [6.07, 6.45) is 4.66. The predicted molar refractivity (Wildman–Crippen MR) is 122 cm³/mol.